The molecule has 0 radical (unpaired) electrons. The van der Waals surface area contributed by atoms with Crippen LogP contribution in [-0.2, 0) is 19.6 Å². The highest BCUT2D eigenvalue weighted by Gasteiger charge is 2.51. The summed E-state index contributed by atoms with van der Waals surface area (Å²) < 4.78 is 32.1. The summed E-state index contributed by atoms with van der Waals surface area (Å²) in [6.45, 7) is 0.421. The first kappa shape index (κ1) is 21.7. The Hall–Kier alpha value is -2.13. The van der Waals surface area contributed by atoms with Crippen LogP contribution >= 0.6 is 0 Å². The van der Waals surface area contributed by atoms with Crippen molar-refractivity contribution in [3.63, 3.8) is 0 Å². The molecule has 174 valence electrons. The lowest BCUT2D eigenvalue weighted by Crippen LogP contribution is -2.60. The average molecular weight is 463 g/mol. The molecule has 6 rings (SSSR count). The number of phenolic OH excluding ortho intramolecular Hbond substituents is 1. The Morgan fingerprint density at radius 2 is 1.66 bits per heavy atom. The zero-order valence-electron chi connectivity index (χ0n) is 18.1. The zero-order valence-corrected chi connectivity index (χ0v) is 18.9. The highest BCUT2D eigenvalue weighted by Crippen LogP contribution is 2.55. The number of carbonyl (C=O) groups excluding carboxylic acids is 2. The molecular formula is C23H30N2O6S. The molecule has 8 nitrogen and oxygen atoms in total. The normalized spacial score (nSPS) is 31.6. The van der Waals surface area contributed by atoms with E-state index in [-0.39, 0.29) is 27.7 Å². The minimum absolute atomic E-state index is 0.0674. The zero-order chi connectivity index (χ0) is 22.5. The molecule has 0 unspecified atom stereocenters. The van der Waals surface area contributed by atoms with E-state index in [1.54, 1.807) is 0 Å². The van der Waals surface area contributed by atoms with Crippen molar-refractivity contribution < 1.29 is 27.9 Å². The Labute approximate surface area is 188 Å². The maximum atomic E-state index is 12.8. The van der Waals surface area contributed by atoms with Crippen molar-refractivity contribution in [2.24, 2.45) is 17.8 Å². The molecule has 2 N–H and O–H groups in total. The van der Waals surface area contributed by atoms with E-state index < -0.39 is 22.6 Å². The number of aromatic hydroxyl groups is 1. The van der Waals surface area contributed by atoms with Crippen molar-refractivity contribution in [2.75, 3.05) is 19.7 Å². The molecule has 32 heavy (non-hydrogen) atoms. The lowest BCUT2D eigenvalue weighted by molar-refractivity contribution is -0.130. The van der Waals surface area contributed by atoms with Crippen LogP contribution in [0.15, 0.2) is 23.1 Å². The van der Waals surface area contributed by atoms with Crippen molar-refractivity contribution in [3.8, 4) is 5.75 Å². The minimum Gasteiger partial charge on any atom is -0.507 e. The number of ether oxygens (including phenoxy) is 1. The van der Waals surface area contributed by atoms with Crippen LogP contribution in [0.3, 0.4) is 0 Å². The molecule has 5 aliphatic rings. The van der Waals surface area contributed by atoms with E-state index in [0.717, 1.165) is 38.2 Å². The second-order valence-corrected chi connectivity index (χ2v) is 12.1. The van der Waals surface area contributed by atoms with Gasteiger partial charge >= 0.3 is 5.97 Å². The van der Waals surface area contributed by atoms with Gasteiger partial charge in [-0.2, -0.15) is 4.31 Å². The van der Waals surface area contributed by atoms with Gasteiger partial charge in [0, 0.05) is 18.6 Å². The molecule has 0 atom stereocenters. The number of esters is 1. The van der Waals surface area contributed by atoms with Gasteiger partial charge in [-0.1, -0.05) is 0 Å². The highest BCUT2D eigenvalue weighted by atomic mass is 32.2. The Balaban J connectivity index is 1.23. The molecule has 1 aromatic carbocycles. The number of nitrogens with one attached hydrogen (secondary N) is 1. The molecule has 4 saturated carbocycles. The number of hydrogen-bond acceptors (Lipinski definition) is 6. The van der Waals surface area contributed by atoms with E-state index in [2.05, 4.69) is 5.32 Å². The molecule has 0 spiro atoms. The lowest BCUT2D eigenvalue weighted by atomic mass is 9.53. The Bertz CT molecular complexity index is 996. The summed E-state index contributed by atoms with van der Waals surface area (Å²) in [6, 6.07) is 3.58. The number of hydrogen-bond donors (Lipinski definition) is 2. The van der Waals surface area contributed by atoms with Crippen molar-refractivity contribution in [3.05, 3.63) is 23.8 Å². The van der Waals surface area contributed by atoms with E-state index in [4.69, 9.17) is 4.74 Å². The molecule has 4 bridgehead atoms. The van der Waals surface area contributed by atoms with Crippen LogP contribution in [0, 0.1) is 17.8 Å². The lowest BCUT2D eigenvalue weighted by Gasteiger charge is -2.56. The maximum absolute atomic E-state index is 12.8. The monoisotopic (exact) mass is 462 g/mol. The van der Waals surface area contributed by atoms with Gasteiger partial charge in [0.25, 0.3) is 5.91 Å². The van der Waals surface area contributed by atoms with Gasteiger partial charge in [0.15, 0.2) is 6.61 Å². The second-order valence-electron chi connectivity index (χ2n) is 10.1. The summed E-state index contributed by atoms with van der Waals surface area (Å²) in [5.74, 6) is 0.406. The van der Waals surface area contributed by atoms with Crippen molar-refractivity contribution >= 4 is 21.9 Å². The third-order valence-electron chi connectivity index (χ3n) is 7.67. The van der Waals surface area contributed by atoms with E-state index in [1.165, 1.54) is 35.7 Å². The molecule has 1 saturated heterocycles. The fourth-order valence-electron chi connectivity index (χ4n) is 6.72. The first-order valence-corrected chi connectivity index (χ1v) is 13.0. The van der Waals surface area contributed by atoms with E-state index in [9.17, 15) is 23.1 Å². The number of phenols is 1. The van der Waals surface area contributed by atoms with Gasteiger partial charge in [-0.3, -0.25) is 4.79 Å². The van der Waals surface area contributed by atoms with E-state index in [1.807, 2.05) is 0 Å². The predicted octanol–water partition coefficient (Wildman–Crippen LogP) is 2.42. The summed E-state index contributed by atoms with van der Waals surface area (Å²) in [5.41, 5.74) is -0.433. The molecule has 1 aliphatic heterocycles. The van der Waals surface area contributed by atoms with Gasteiger partial charge in [-0.25, -0.2) is 13.2 Å². The minimum atomic E-state index is -3.74. The first-order chi connectivity index (χ1) is 15.2. The smallest absolute Gasteiger partial charge is 0.342 e. The second kappa shape index (κ2) is 8.02. The molecule has 4 aliphatic carbocycles. The maximum Gasteiger partial charge on any atom is 0.342 e. The largest absolute Gasteiger partial charge is 0.507 e. The van der Waals surface area contributed by atoms with E-state index >= 15 is 0 Å². The molecule has 1 amide bonds. The average Bonchev–Trinajstić information content (AvgIpc) is 3.26. The fourth-order valence-corrected chi connectivity index (χ4v) is 8.26. The summed E-state index contributed by atoms with van der Waals surface area (Å²) in [4.78, 5) is 25.1. The number of benzene rings is 1. The van der Waals surface area contributed by atoms with Crippen LogP contribution < -0.4 is 5.32 Å². The Kier molecular flexibility index (Phi) is 5.44. The summed E-state index contributed by atoms with van der Waals surface area (Å²) >= 11 is 0. The number of nitrogens with zero attached hydrogens (tertiary/aromatic N) is 1. The van der Waals surface area contributed by atoms with Crippen LogP contribution in [0.25, 0.3) is 0 Å². The van der Waals surface area contributed by atoms with Crippen molar-refractivity contribution in [1.29, 1.82) is 0 Å². The number of sulfonamides is 1. The van der Waals surface area contributed by atoms with Crippen molar-refractivity contribution in [2.45, 2.75) is 61.8 Å². The first-order valence-electron chi connectivity index (χ1n) is 11.6. The van der Waals surface area contributed by atoms with Crippen LogP contribution in [0.2, 0.25) is 0 Å². The van der Waals surface area contributed by atoms with Gasteiger partial charge in [-0.15, -0.1) is 0 Å². The predicted molar refractivity (Wildman–Crippen MR) is 115 cm³/mol. The Morgan fingerprint density at radius 3 is 2.25 bits per heavy atom. The standard InChI is InChI=1S/C23H30N2O6S/c26-20-4-3-18(32(29,30)25-5-1-2-6-25)10-19(20)22(28)31-14-21(27)24-23-11-15-7-16(12-23)9-17(8-15)13-23/h3-4,10,15-17,26H,1-2,5-9,11-14H2,(H,24,27). The molecule has 0 aromatic heterocycles. The van der Waals surface area contributed by atoms with Gasteiger partial charge in [-0.05, 0) is 87.3 Å². The highest BCUT2D eigenvalue weighted by molar-refractivity contribution is 7.89. The quantitative estimate of drug-likeness (QED) is 0.628. The van der Waals surface area contributed by atoms with E-state index in [0.29, 0.717) is 30.8 Å². The van der Waals surface area contributed by atoms with Crippen molar-refractivity contribution in [1.82, 2.24) is 9.62 Å². The summed E-state index contributed by atoms with van der Waals surface area (Å²) in [7, 11) is -3.74. The molecule has 1 aromatic rings. The molecule has 1 heterocycles. The summed E-state index contributed by atoms with van der Waals surface area (Å²) in [6.07, 6.45) is 8.37. The van der Waals surface area contributed by atoms with Gasteiger partial charge < -0.3 is 15.2 Å². The van der Waals surface area contributed by atoms with Gasteiger partial charge in [0.2, 0.25) is 10.0 Å². The van der Waals surface area contributed by atoms with Crippen LogP contribution in [0.1, 0.15) is 61.7 Å². The SMILES string of the molecule is O=C(COC(=O)c1cc(S(=O)(=O)N2CCCC2)ccc1O)NC12CC3CC(CC(C3)C1)C2. The molecule has 5 fully saturated rings. The molecule has 9 heteroatoms. The number of amides is 1. The summed E-state index contributed by atoms with van der Waals surface area (Å²) in [5, 5.41) is 13.2. The van der Waals surface area contributed by atoms with Crippen LogP contribution in [0.4, 0.5) is 0 Å². The van der Waals surface area contributed by atoms with Gasteiger partial charge in [0.05, 0.1) is 4.90 Å². The van der Waals surface area contributed by atoms with Crippen LogP contribution in [-0.4, -0.2) is 54.9 Å². The number of carbonyl (C=O) groups is 2. The Morgan fingerprint density at radius 1 is 1.06 bits per heavy atom. The fraction of sp³-hybridized carbons (Fsp3) is 0.652. The molecular weight excluding hydrogens is 432 g/mol. The van der Waals surface area contributed by atoms with Gasteiger partial charge in [0.1, 0.15) is 11.3 Å². The topological polar surface area (TPSA) is 113 Å². The number of rotatable bonds is 6. The van der Waals surface area contributed by atoms with Crippen LogP contribution in [0.5, 0.6) is 5.75 Å². The third kappa shape index (κ3) is 4.01. The third-order valence-corrected chi connectivity index (χ3v) is 9.56.